The van der Waals surface area contributed by atoms with E-state index in [0.29, 0.717) is 0 Å². The number of nitrogens with two attached hydrogens (primary N) is 1. The Labute approximate surface area is 112 Å². The summed E-state index contributed by atoms with van der Waals surface area (Å²) in [6.07, 6.45) is 7.50. The van der Waals surface area contributed by atoms with Gasteiger partial charge in [0.05, 0.1) is 5.69 Å². The molecule has 1 unspecified atom stereocenters. The molecule has 0 amide bonds. The monoisotopic (exact) mass is 251 g/mol. The zero-order valence-electron chi connectivity index (χ0n) is 12.5. The van der Waals surface area contributed by atoms with E-state index in [2.05, 4.69) is 37.5 Å². The number of aromatic nitrogens is 2. The van der Waals surface area contributed by atoms with E-state index in [0.717, 1.165) is 18.7 Å². The summed E-state index contributed by atoms with van der Waals surface area (Å²) in [4.78, 5) is 0. The van der Waals surface area contributed by atoms with Crippen LogP contribution in [0.5, 0.6) is 0 Å². The highest BCUT2D eigenvalue weighted by Gasteiger charge is 2.12. The number of unbranched alkanes of at least 4 members (excludes halogenated alkanes) is 4. The summed E-state index contributed by atoms with van der Waals surface area (Å²) >= 11 is 0. The quantitative estimate of drug-likeness (QED) is 0.720. The lowest BCUT2D eigenvalue weighted by atomic mass is 10.1. The molecule has 0 fully saturated rings. The SMILES string of the molecule is CCCCCCCn1nc(C)c(CC(C)N)c1C. The molecule has 0 saturated carbocycles. The summed E-state index contributed by atoms with van der Waals surface area (Å²) < 4.78 is 2.17. The van der Waals surface area contributed by atoms with Crippen molar-refractivity contribution in [2.75, 3.05) is 0 Å². The van der Waals surface area contributed by atoms with Gasteiger partial charge in [-0.2, -0.15) is 5.10 Å². The van der Waals surface area contributed by atoms with E-state index in [1.165, 1.54) is 43.4 Å². The van der Waals surface area contributed by atoms with Crippen LogP contribution in [0.25, 0.3) is 0 Å². The Morgan fingerprint density at radius 2 is 1.83 bits per heavy atom. The largest absolute Gasteiger partial charge is 0.328 e. The summed E-state index contributed by atoms with van der Waals surface area (Å²) in [5.41, 5.74) is 9.69. The summed E-state index contributed by atoms with van der Waals surface area (Å²) in [5.74, 6) is 0. The second kappa shape index (κ2) is 7.57. The Hall–Kier alpha value is -0.830. The van der Waals surface area contributed by atoms with E-state index in [9.17, 15) is 0 Å². The molecule has 0 aliphatic carbocycles. The maximum atomic E-state index is 5.89. The highest BCUT2D eigenvalue weighted by atomic mass is 15.3. The number of rotatable bonds is 8. The first-order valence-corrected chi connectivity index (χ1v) is 7.34. The predicted molar refractivity (Wildman–Crippen MR) is 77.8 cm³/mol. The predicted octanol–water partition coefficient (Wildman–Crippen LogP) is 3.36. The van der Waals surface area contributed by atoms with Crippen LogP contribution in [0.15, 0.2) is 0 Å². The van der Waals surface area contributed by atoms with E-state index in [4.69, 9.17) is 5.73 Å². The molecule has 0 bridgehead atoms. The van der Waals surface area contributed by atoms with E-state index >= 15 is 0 Å². The fraction of sp³-hybridized carbons (Fsp3) is 0.800. The lowest BCUT2D eigenvalue weighted by molar-refractivity contribution is 0.522. The van der Waals surface area contributed by atoms with Gasteiger partial charge in [-0.05, 0) is 39.2 Å². The van der Waals surface area contributed by atoms with Crippen LogP contribution in [0.4, 0.5) is 0 Å². The Balaban J connectivity index is 2.51. The maximum absolute atomic E-state index is 5.89. The van der Waals surface area contributed by atoms with Gasteiger partial charge in [0, 0.05) is 18.3 Å². The number of aryl methyl sites for hydroxylation is 2. The van der Waals surface area contributed by atoms with E-state index in [1.54, 1.807) is 0 Å². The van der Waals surface area contributed by atoms with Gasteiger partial charge < -0.3 is 5.73 Å². The van der Waals surface area contributed by atoms with Crippen LogP contribution in [-0.4, -0.2) is 15.8 Å². The Morgan fingerprint density at radius 3 is 2.44 bits per heavy atom. The third-order valence-electron chi connectivity index (χ3n) is 3.53. The molecule has 0 spiro atoms. The normalized spacial score (nSPS) is 12.9. The van der Waals surface area contributed by atoms with Crippen molar-refractivity contribution in [1.29, 1.82) is 0 Å². The molecule has 3 heteroatoms. The van der Waals surface area contributed by atoms with Gasteiger partial charge in [-0.15, -0.1) is 0 Å². The lowest BCUT2D eigenvalue weighted by Crippen LogP contribution is -2.18. The zero-order valence-corrected chi connectivity index (χ0v) is 12.5. The summed E-state index contributed by atoms with van der Waals surface area (Å²) in [5, 5.41) is 4.64. The molecule has 1 heterocycles. The highest BCUT2D eigenvalue weighted by molar-refractivity contribution is 5.25. The lowest BCUT2D eigenvalue weighted by Gasteiger charge is -2.07. The summed E-state index contributed by atoms with van der Waals surface area (Å²) in [6, 6.07) is 0.213. The fourth-order valence-electron chi connectivity index (χ4n) is 2.43. The molecule has 0 aromatic carbocycles. The molecule has 1 rings (SSSR count). The fourth-order valence-corrected chi connectivity index (χ4v) is 2.43. The Morgan fingerprint density at radius 1 is 1.17 bits per heavy atom. The third kappa shape index (κ3) is 4.45. The summed E-state index contributed by atoms with van der Waals surface area (Å²) in [7, 11) is 0. The van der Waals surface area contributed by atoms with Crippen molar-refractivity contribution in [3.05, 3.63) is 17.0 Å². The van der Waals surface area contributed by atoms with E-state index in [1.807, 2.05) is 0 Å². The molecule has 0 radical (unpaired) electrons. The molecule has 104 valence electrons. The highest BCUT2D eigenvalue weighted by Crippen LogP contribution is 2.16. The van der Waals surface area contributed by atoms with Gasteiger partial charge >= 0.3 is 0 Å². The molecule has 1 atom stereocenters. The third-order valence-corrected chi connectivity index (χ3v) is 3.53. The van der Waals surface area contributed by atoms with Crippen LogP contribution in [0.1, 0.15) is 62.9 Å². The molecule has 2 N–H and O–H groups in total. The van der Waals surface area contributed by atoms with Gasteiger partial charge in [-0.1, -0.05) is 32.6 Å². The molecule has 3 nitrogen and oxygen atoms in total. The van der Waals surface area contributed by atoms with Gasteiger partial charge in [0.15, 0.2) is 0 Å². The smallest absolute Gasteiger partial charge is 0.0629 e. The van der Waals surface area contributed by atoms with Crippen LogP contribution >= 0.6 is 0 Å². The molecule has 0 aliphatic heterocycles. The zero-order chi connectivity index (χ0) is 13.5. The van der Waals surface area contributed by atoms with E-state index < -0.39 is 0 Å². The molecular weight excluding hydrogens is 222 g/mol. The van der Waals surface area contributed by atoms with Crippen molar-refractivity contribution in [3.8, 4) is 0 Å². The topological polar surface area (TPSA) is 43.8 Å². The van der Waals surface area contributed by atoms with Crippen molar-refractivity contribution in [2.45, 2.75) is 78.8 Å². The molecule has 0 saturated heterocycles. The summed E-state index contributed by atoms with van der Waals surface area (Å²) in [6.45, 7) is 9.62. The number of hydrogen-bond acceptors (Lipinski definition) is 2. The van der Waals surface area contributed by atoms with Crippen molar-refractivity contribution >= 4 is 0 Å². The van der Waals surface area contributed by atoms with Crippen molar-refractivity contribution in [3.63, 3.8) is 0 Å². The van der Waals surface area contributed by atoms with E-state index in [-0.39, 0.29) is 6.04 Å². The van der Waals surface area contributed by atoms with Crippen molar-refractivity contribution < 1.29 is 0 Å². The average Bonchev–Trinajstić information content (AvgIpc) is 2.56. The van der Waals surface area contributed by atoms with Crippen LogP contribution in [0.2, 0.25) is 0 Å². The molecule has 1 aromatic heterocycles. The van der Waals surface area contributed by atoms with Crippen LogP contribution in [0, 0.1) is 13.8 Å². The average molecular weight is 251 g/mol. The minimum absolute atomic E-state index is 0.213. The van der Waals surface area contributed by atoms with Crippen LogP contribution in [-0.2, 0) is 13.0 Å². The maximum Gasteiger partial charge on any atom is 0.0629 e. The minimum Gasteiger partial charge on any atom is -0.328 e. The number of hydrogen-bond donors (Lipinski definition) is 1. The first-order valence-electron chi connectivity index (χ1n) is 7.34. The van der Waals surface area contributed by atoms with Gasteiger partial charge in [0.1, 0.15) is 0 Å². The van der Waals surface area contributed by atoms with Gasteiger partial charge in [-0.3, -0.25) is 4.68 Å². The Kier molecular flexibility index (Phi) is 6.41. The van der Waals surface area contributed by atoms with Crippen LogP contribution in [0.3, 0.4) is 0 Å². The van der Waals surface area contributed by atoms with Crippen molar-refractivity contribution in [1.82, 2.24) is 9.78 Å². The van der Waals surface area contributed by atoms with Gasteiger partial charge in [0.25, 0.3) is 0 Å². The number of nitrogens with zero attached hydrogens (tertiary/aromatic N) is 2. The van der Waals surface area contributed by atoms with Gasteiger partial charge in [-0.25, -0.2) is 0 Å². The second-order valence-corrected chi connectivity index (χ2v) is 5.47. The molecule has 1 aromatic rings. The first kappa shape index (κ1) is 15.2. The van der Waals surface area contributed by atoms with Crippen LogP contribution < -0.4 is 5.73 Å². The van der Waals surface area contributed by atoms with Gasteiger partial charge in [0.2, 0.25) is 0 Å². The first-order chi connectivity index (χ1) is 8.56. The molecular formula is C15H29N3. The standard InChI is InChI=1S/C15H29N3/c1-5-6-7-8-9-10-18-14(4)15(11-12(2)16)13(3)17-18/h12H,5-11,16H2,1-4H3. The Bertz CT molecular complexity index is 353. The second-order valence-electron chi connectivity index (χ2n) is 5.47. The minimum atomic E-state index is 0.213. The van der Waals surface area contributed by atoms with Crippen molar-refractivity contribution in [2.24, 2.45) is 5.73 Å². The molecule has 18 heavy (non-hydrogen) atoms. The molecule has 0 aliphatic rings.